The van der Waals surface area contributed by atoms with Gasteiger partial charge in [0.05, 0.1) is 11.5 Å². The molecule has 0 aliphatic heterocycles. The lowest BCUT2D eigenvalue weighted by Gasteiger charge is -2.17. The van der Waals surface area contributed by atoms with Gasteiger partial charge in [-0.1, -0.05) is 17.7 Å². The molecule has 0 bridgehead atoms. The zero-order chi connectivity index (χ0) is 24.2. The van der Waals surface area contributed by atoms with Gasteiger partial charge in [0.2, 0.25) is 9.84 Å². The van der Waals surface area contributed by atoms with Crippen molar-refractivity contribution in [2.75, 3.05) is 18.5 Å². The Bertz CT molecular complexity index is 1250. The van der Waals surface area contributed by atoms with E-state index in [1.165, 1.54) is 24.3 Å². The monoisotopic (exact) mass is 468 g/mol. The van der Waals surface area contributed by atoms with Crippen LogP contribution in [0.25, 0.3) is 0 Å². The molecule has 0 amide bonds. The Morgan fingerprint density at radius 1 is 0.970 bits per heavy atom. The minimum absolute atomic E-state index is 0.0765. The van der Waals surface area contributed by atoms with Gasteiger partial charge in [-0.05, 0) is 82.1 Å². The Balaban J connectivity index is 1.92. The highest BCUT2D eigenvalue weighted by Crippen LogP contribution is 2.32. The quantitative estimate of drug-likeness (QED) is 0.473. The van der Waals surface area contributed by atoms with Gasteiger partial charge in [-0.3, -0.25) is 0 Å². The van der Waals surface area contributed by atoms with E-state index in [1.807, 2.05) is 39.8 Å². The van der Waals surface area contributed by atoms with Crippen LogP contribution in [0.5, 0.6) is 5.75 Å². The van der Waals surface area contributed by atoms with Gasteiger partial charge in [0.25, 0.3) is 0 Å². The van der Waals surface area contributed by atoms with Gasteiger partial charge in [0, 0.05) is 11.4 Å². The highest BCUT2D eigenvalue weighted by atomic mass is 32.2. The summed E-state index contributed by atoms with van der Waals surface area (Å²) in [7, 11) is -3.87. The van der Waals surface area contributed by atoms with E-state index in [1.54, 1.807) is 19.1 Å². The summed E-state index contributed by atoms with van der Waals surface area (Å²) in [6.07, 6.45) is 0. The molecule has 0 radical (unpaired) electrons. The molecule has 0 unspecified atom stereocenters. The number of aryl methyl sites for hydroxylation is 4. The first-order chi connectivity index (χ1) is 15.6. The number of sulfone groups is 1. The van der Waals surface area contributed by atoms with Crippen molar-refractivity contribution in [3.63, 3.8) is 0 Å². The lowest BCUT2D eigenvalue weighted by atomic mass is 10.1. The van der Waals surface area contributed by atoms with Crippen LogP contribution in [0.3, 0.4) is 0 Å². The number of carbonyl (C=O) groups excluding carboxylic acids is 1. The van der Waals surface area contributed by atoms with Crippen molar-refractivity contribution in [1.29, 1.82) is 0 Å². The van der Waals surface area contributed by atoms with Crippen molar-refractivity contribution in [2.24, 2.45) is 0 Å². The zero-order valence-corrected chi connectivity index (χ0v) is 20.2. The van der Waals surface area contributed by atoms with E-state index in [9.17, 15) is 13.2 Å². The summed E-state index contributed by atoms with van der Waals surface area (Å²) in [4.78, 5) is 16.1. The van der Waals surface area contributed by atoms with E-state index in [4.69, 9.17) is 9.47 Å². The largest absolute Gasteiger partial charge is 0.482 e. The minimum atomic E-state index is -3.87. The number of rotatable bonds is 8. The Labute approximate surface area is 194 Å². The minimum Gasteiger partial charge on any atom is -0.482 e. The number of ether oxygens (including phenoxy) is 2. The molecular formula is C25H28N2O5S. The third kappa shape index (κ3) is 5.70. The van der Waals surface area contributed by atoms with Gasteiger partial charge in [0.1, 0.15) is 16.5 Å². The molecule has 0 aliphatic carbocycles. The summed E-state index contributed by atoms with van der Waals surface area (Å²) in [5.74, 6) is 0.151. The van der Waals surface area contributed by atoms with Crippen LogP contribution in [0.4, 0.5) is 11.5 Å². The molecule has 0 spiro atoms. The molecule has 3 rings (SSSR count). The predicted octanol–water partition coefficient (Wildman–Crippen LogP) is 4.83. The van der Waals surface area contributed by atoms with Crippen LogP contribution >= 0.6 is 0 Å². The molecular weight excluding hydrogens is 440 g/mol. The first kappa shape index (κ1) is 24.3. The maximum atomic E-state index is 13.4. The van der Waals surface area contributed by atoms with Gasteiger partial charge in [-0.25, -0.2) is 18.2 Å². The van der Waals surface area contributed by atoms with Crippen molar-refractivity contribution in [3.8, 4) is 5.75 Å². The molecule has 0 saturated heterocycles. The number of aromatic nitrogens is 1. The smallest absolute Gasteiger partial charge is 0.344 e. The second kappa shape index (κ2) is 10.0. The normalized spacial score (nSPS) is 11.2. The Kier molecular flexibility index (Phi) is 7.38. The maximum Gasteiger partial charge on any atom is 0.344 e. The SMILES string of the molecule is CCOC(=O)COc1ccc(S(=O)(=O)c2ccc(C)nc2Nc2c(C)cc(C)cc2C)cc1. The van der Waals surface area contributed by atoms with E-state index in [0.717, 1.165) is 22.4 Å². The van der Waals surface area contributed by atoms with Crippen molar-refractivity contribution in [3.05, 3.63) is 70.9 Å². The molecule has 1 N–H and O–H groups in total. The fraction of sp³-hybridized carbons (Fsp3) is 0.280. The predicted molar refractivity (Wildman–Crippen MR) is 127 cm³/mol. The summed E-state index contributed by atoms with van der Waals surface area (Å²) >= 11 is 0. The maximum absolute atomic E-state index is 13.4. The van der Waals surface area contributed by atoms with Crippen molar-refractivity contribution in [2.45, 2.75) is 44.4 Å². The lowest BCUT2D eigenvalue weighted by molar-refractivity contribution is -0.145. The fourth-order valence-electron chi connectivity index (χ4n) is 3.53. The Morgan fingerprint density at radius 3 is 2.21 bits per heavy atom. The van der Waals surface area contributed by atoms with Gasteiger partial charge < -0.3 is 14.8 Å². The number of anilines is 2. The van der Waals surface area contributed by atoms with Crippen molar-refractivity contribution in [1.82, 2.24) is 4.98 Å². The topological polar surface area (TPSA) is 94.6 Å². The number of hydrogen-bond donors (Lipinski definition) is 1. The fourth-order valence-corrected chi connectivity index (χ4v) is 4.88. The second-order valence-electron chi connectivity index (χ2n) is 7.77. The first-order valence-corrected chi connectivity index (χ1v) is 12.1. The second-order valence-corrected chi connectivity index (χ2v) is 9.68. The molecule has 0 fully saturated rings. The number of nitrogens with one attached hydrogen (secondary N) is 1. The molecule has 0 atom stereocenters. The Morgan fingerprint density at radius 2 is 1.61 bits per heavy atom. The van der Waals surface area contributed by atoms with E-state index in [2.05, 4.69) is 10.3 Å². The average molecular weight is 469 g/mol. The standard InChI is InChI=1S/C25H28N2O5S/c1-6-31-23(28)15-32-20-8-10-21(11-9-20)33(29,30)22-12-7-19(5)26-25(22)27-24-17(3)13-16(2)14-18(24)4/h7-14H,6,15H2,1-5H3,(H,26,27). The van der Waals surface area contributed by atoms with Crippen LogP contribution < -0.4 is 10.1 Å². The summed E-state index contributed by atoms with van der Waals surface area (Å²) in [5.41, 5.74) is 4.66. The van der Waals surface area contributed by atoms with E-state index in [0.29, 0.717) is 11.4 Å². The molecule has 1 heterocycles. The van der Waals surface area contributed by atoms with E-state index < -0.39 is 15.8 Å². The molecule has 174 valence electrons. The van der Waals surface area contributed by atoms with Gasteiger partial charge in [0.15, 0.2) is 6.61 Å². The molecule has 8 heteroatoms. The van der Waals surface area contributed by atoms with Crippen LogP contribution in [-0.2, 0) is 19.4 Å². The third-order valence-corrected chi connectivity index (χ3v) is 6.80. The van der Waals surface area contributed by atoms with Gasteiger partial charge in [-0.15, -0.1) is 0 Å². The highest BCUT2D eigenvalue weighted by molar-refractivity contribution is 7.91. The summed E-state index contributed by atoms with van der Waals surface area (Å²) in [6, 6.07) is 13.2. The van der Waals surface area contributed by atoms with Crippen LogP contribution in [0.15, 0.2) is 58.3 Å². The number of nitrogens with zero attached hydrogens (tertiary/aromatic N) is 1. The summed E-state index contributed by atoms with van der Waals surface area (Å²) < 4.78 is 37.1. The number of benzene rings is 2. The van der Waals surface area contributed by atoms with Crippen molar-refractivity contribution < 1.29 is 22.7 Å². The van der Waals surface area contributed by atoms with Crippen LogP contribution in [0, 0.1) is 27.7 Å². The molecule has 3 aromatic rings. The molecule has 7 nitrogen and oxygen atoms in total. The third-order valence-electron chi connectivity index (χ3n) is 5.00. The number of esters is 1. The molecule has 1 aromatic heterocycles. The zero-order valence-electron chi connectivity index (χ0n) is 19.4. The van der Waals surface area contributed by atoms with Gasteiger partial charge >= 0.3 is 5.97 Å². The van der Waals surface area contributed by atoms with Gasteiger partial charge in [-0.2, -0.15) is 0 Å². The molecule has 2 aromatic carbocycles. The van der Waals surface area contributed by atoms with Crippen LogP contribution in [0.2, 0.25) is 0 Å². The first-order valence-electron chi connectivity index (χ1n) is 10.6. The van der Waals surface area contributed by atoms with E-state index in [-0.39, 0.29) is 28.8 Å². The number of carbonyl (C=O) groups is 1. The van der Waals surface area contributed by atoms with Crippen LogP contribution in [-0.4, -0.2) is 32.6 Å². The van der Waals surface area contributed by atoms with Crippen molar-refractivity contribution >= 4 is 27.3 Å². The van der Waals surface area contributed by atoms with Crippen LogP contribution in [0.1, 0.15) is 29.3 Å². The molecule has 0 aliphatic rings. The highest BCUT2D eigenvalue weighted by Gasteiger charge is 2.23. The molecule has 33 heavy (non-hydrogen) atoms. The number of hydrogen-bond acceptors (Lipinski definition) is 7. The average Bonchev–Trinajstić information content (AvgIpc) is 2.75. The number of pyridine rings is 1. The Hall–Kier alpha value is -3.39. The van der Waals surface area contributed by atoms with E-state index >= 15 is 0 Å². The summed E-state index contributed by atoms with van der Waals surface area (Å²) in [6.45, 7) is 9.51. The molecule has 0 saturated carbocycles. The summed E-state index contributed by atoms with van der Waals surface area (Å²) in [5, 5.41) is 3.24. The lowest BCUT2D eigenvalue weighted by Crippen LogP contribution is -2.14.